The van der Waals surface area contributed by atoms with Crippen molar-refractivity contribution in [3.05, 3.63) is 28.8 Å². The number of nitrogens with two attached hydrogens (primary N) is 1. The van der Waals surface area contributed by atoms with Gasteiger partial charge in [-0.3, -0.25) is 9.59 Å². The monoisotopic (exact) mass is 323 g/mol. The SMILES string of the molecule is CN(CC(=O)NCC(F)(F)F)C(=O)c1ccc(Cl)cc1N. The zero-order valence-electron chi connectivity index (χ0n) is 11.0. The van der Waals surface area contributed by atoms with Gasteiger partial charge in [-0.1, -0.05) is 11.6 Å². The summed E-state index contributed by atoms with van der Waals surface area (Å²) in [5, 5.41) is 2.02. The highest BCUT2D eigenvalue weighted by molar-refractivity contribution is 6.31. The second-order valence-corrected chi connectivity index (χ2v) is 4.72. The van der Waals surface area contributed by atoms with E-state index in [-0.39, 0.29) is 11.3 Å². The largest absolute Gasteiger partial charge is 0.405 e. The lowest BCUT2D eigenvalue weighted by Crippen LogP contribution is -2.41. The van der Waals surface area contributed by atoms with Crippen molar-refractivity contribution in [2.24, 2.45) is 0 Å². The summed E-state index contributed by atoms with van der Waals surface area (Å²) in [6, 6.07) is 4.19. The van der Waals surface area contributed by atoms with Crippen molar-refractivity contribution in [1.29, 1.82) is 0 Å². The lowest BCUT2D eigenvalue weighted by molar-refractivity contribution is -0.138. The molecule has 0 bridgehead atoms. The summed E-state index contributed by atoms with van der Waals surface area (Å²) in [4.78, 5) is 24.3. The molecule has 0 saturated heterocycles. The quantitative estimate of drug-likeness (QED) is 0.828. The van der Waals surface area contributed by atoms with Gasteiger partial charge in [0.25, 0.3) is 5.91 Å². The third kappa shape index (κ3) is 5.50. The highest BCUT2D eigenvalue weighted by Gasteiger charge is 2.28. The number of carbonyl (C=O) groups excluding carboxylic acids is 2. The summed E-state index contributed by atoms with van der Waals surface area (Å²) in [5.41, 5.74) is 5.86. The molecule has 0 aliphatic heterocycles. The maximum Gasteiger partial charge on any atom is 0.405 e. The van der Waals surface area contributed by atoms with Gasteiger partial charge in [0.2, 0.25) is 5.91 Å². The van der Waals surface area contributed by atoms with Crippen LogP contribution in [0.15, 0.2) is 18.2 Å². The van der Waals surface area contributed by atoms with Gasteiger partial charge in [0.05, 0.1) is 12.1 Å². The molecule has 0 fully saturated rings. The molecule has 0 radical (unpaired) electrons. The molecule has 5 nitrogen and oxygen atoms in total. The molecule has 21 heavy (non-hydrogen) atoms. The molecule has 0 spiro atoms. The zero-order valence-corrected chi connectivity index (χ0v) is 11.8. The molecule has 3 N–H and O–H groups in total. The number of hydrogen-bond donors (Lipinski definition) is 2. The number of likely N-dealkylation sites (N-methyl/N-ethyl adjacent to an activating group) is 1. The predicted octanol–water partition coefficient (Wildman–Crippen LogP) is 1.67. The summed E-state index contributed by atoms with van der Waals surface area (Å²) in [6.07, 6.45) is -4.50. The molecule has 0 aromatic heterocycles. The second kappa shape index (κ2) is 6.66. The van der Waals surface area contributed by atoms with Crippen molar-refractivity contribution in [2.45, 2.75) is 6.18 Å². The van der Waals surface area contributed by atoms with Crippen LogP contribution in [0, 0.1) is 0 Å². The highest BCUT2D eigenvalue weighted by atomic mass is 35.5. The van der Waals surface area contributed by atoms with E-state index < -0.39 is 31.1 Å². The Balaban J connectivity index is 2.64. The first-order valence-electron chi connectivity index (χ1n) is 5.74. The smallest absolute Gasteiger partial charge is 0.398 e. The van der Waals surface area contributed by atoms with Crippen molar-refractivity contribution in [1.82, 2.24) is 10.2 Å². The van der Waals surface area contributed by atoms with Crippen molar-refractivity contribution < 1.29 is 22.8 Å². The van der Waals surface area contributed by atoms with Crippen molar-refractivity contribution in [2.75, 3.05) is 25.9 Å². The highest BCUT2D eigenvalue weighted by Crippen LogP contribution is 2.19. The minimum Gasteiger partial charge on any atom is -0.398 e. The van der Waals surface area contributed by atoms with E-state index in [9.17, 15) is 22.8 Å². The number of rotatable bonds is 4. The van der Waals surface area contributed by atoms with Gasteiger partial charge in [-0.25, -0.2) is 0 Å². The number of anilines is 1. The molecule has 1 aromatic carbocycles. The molecule has 0 aliphatic carbocycles. The zero-order chi connectivity index (χ0) is 16.2. The average Bonchev–Trinajstić information content (AvgIpc) is 2.34. The third-order valence-corrected chi connectivity index (χ3v) is 2.69. The fourth-order valence-corrected chi connectivity index (χ4v) is 1.66. The Kier molecular flexibility index (Phi) is 5.42. The van der Waals surface area contributed by atoms with Gasteiger partial charge >= 0.3 is 6.18 Å². The Morgan fingerprint density at radius 3 is 2.52 bits per heavy atom. The van der Waals surface area contributed by atoms with E-state index in [0.29, 0.717) is 5.02 Å². The maximum absolute atomic E-state index is 12.0. The lowest BCUT2D eigenvalue weighted by Gasteiger charge is -2.18. The van der Waals surface area contributed by atoms with Crippen LogP contribution in [-0.2, 0) is 4.79 Å². The van der Waals surface area contributed by atoms with Gasteiger partial charge in [0.1, 0.15) is 6.54 Å². The Morgan fingerprint density at radius 1 is 1.38 bits per heavy atom. The lowest BCUT2D eigenvalue weighted by atomic mass is 10.1. The van der Waals surface area contributed by atoms with Crippen LogP contribution in [0.3, 0.4) is 0 Å². The number of carbonyl (C=O) groups is 2. The van der Waals surface area contributed by atoms with Gasteiger partial charge in [0.15, 0.2) is 0 Å². The van der Waals surface area contributed by atoms with E-state index in [0.717, 1.165) is 4.90 Å². The fourth-order valence-electron chi connectivity index (χ4n) is 1.48. The molecule has 9 heteroatoms. The number of nitrogens with one attached hydrogen (secondary N) is 1. The minimum absolute atomic E-state index is 0.116. The molecule has 0 atom stereocenters. The summed E-state index contributed by atoms with van der Waals surface area (Å²) < 4.78 is 35.8. The number of halogens is 4. The van der Waals surface area contributed by atoms with Gasteiger partial charge < -0.3 is 16.0 Å². The molecule has 2 amide bonds. The van der Waals surface area contributed by atoms with Crippen molar-refractivity contribution in [3.63, 3.8) is 0 Å². The Hall–Kier alpha value is -1.96. The number of hydrogen-bond acceptors (Lipinski definition) is 3. The fraction of sp³-hybridized carbons (Fsp3) is 0.333. The number of benzene rings is 1. The summed E-state index contributed by atoms with van der Waals surface area (Å²) in [5.74, 6) is -1.51. The molecule has 1 aromatic rings. The van der Waals surface area contributed by atoms with Gasteiger partial charge in [-0.05, 0) is 18.2 Å². The second-order valence-electron chi connectivity index (χ2n) is 4.28. The van der Waals surface area contributed by atoms with Crippen LogP contribution in [0.4, 0.5) is 18.9 Å². The summed E-state index contributed by atoms with van der Waals surface area (Å²) in [7, 11) is 1.28. The number of nitrogens with zero attached hydrogens (tertiary/aromatic N) is 1. The molecule has 0 unspecified atom stereocenters. The molecule has 0 aliphatic rings. The Morgan fingerprint density at radius 2 is 2.00 bits per heavy atom. The van der Waals surface area contributed by atoms with Gasteiger partial charge in [-0.2, -0.15) is 13.2 Å². The van der Waals surface area contributed by atoms with Crippen LogP contribution in [0.25, 0.3) is 0 Å². The first-order valence-corrected chi connectivity index (χ1v) is 6.12. The standard InChI is InChI=1S/C12H13ClF3N3O2/c1-19(5-10(20)18-6-12(14,15)16)11(21)8-3-2-7(13)4-9(8)17/h2-4H,5-6,17H2,1H3,(H,18,20). The first-order chi connectivity index (χ1) is 9.60. The van der Waals surface area contributed by atoms with Crippen LogP contribution < -0.4 is 11.1 Å². The van der Waals surface area contributed by atoms with E-state index in [1.807, 2.05) is 0 Å². The van der Waals surface area contributed by atoms with Gasteiger partial charge in [-0.15, -0.1) is 0 Å². The topological polar surface area (TPSA) is 75.4 Å². The Bertz CT molecular complexity index is 549. The first kappa shape index (κ1) is 17.1. The maximum atomic E-state index is 12.0. The summed E-state index contributed by atoms with van der Waals surface area (Å²) in [6.45, 7) is -1.96. The van der Waals surface area contributed by atoms with Crippen molar-refractivity contribution in [3.8, 4) is 0 Å². The van der Waals surface area contributed by atoms with E-state index in [1.165, 1.54) is 25.2 Å². The normalized spacial score (nSPS) is 11.1. The molecule has 1 rings (SSSR count). The van der Waals surface area contributed by atoms with Crippen LogP contribution >= 0.6 is 11.6 Å². The molecular weight excluding hydrogens is 311 g/mol. The van der Waals surface area contributed by atoms with Crippen LogP contribution in [-0.4, -0.2) is 43.0 Å². The molecule has 116 valence electrons. The average molecular weight is 324 g/mol. The van der Waals surface area contributed by atoms with E-state index in [1.54, 1.807) is 5.32 Å². The minimum atomic E-state index is -4.50. The van der Waals surface area contributed by atoms with Crippen LogP contribution in [0.2, 0.25) is 5.02 Å². The van der Waals surface area contributed by atoms with E-state index >= 15 is 0 Å². The van der Waals surface area contributed by atoms with Crippen molar-refractivity contribution >= 4 is 29.1 Å². The van der Waals surface area contributed by atoms with Gasteiger partial charge in [0, 0.05) is 17.8 Å². The molecule has 0 heterocycles. The number of amides is 2. The van der Waals surface area contributed by atoms with E-state index in [4.69, 9.17) is 17.3 Å². The summed E-state index contributed by atoms with van der Waals surface area (Å²) >= 11 is 5.69. The molecule has 0 saturated carbocycles. The Labute approximate surface area is 123 Å². The van der Waals surface area contributed by atoms with E-state index in [2.05, 4.69) is 0 Å². The third-order valence-electron chi connectivity index (χ3n) is 2.46. The number of alkyl halides is 3. The van der Waals surface area contributed by atoms with Crippen LogP contribution in [0.1, 0.15) is 10.4 Å². The van der Waals surface area contributed by atoms with Crippen LogP contribution in [0.5, 0.6) is 0 Å². The molecular formula is C12H13ClF3N3O2. The predicted molar refractivity (Wildman–Crippen MR) is 71.9 cm³/mol. The number of nitrogen functional groups attached to an aromatic ring is 1.